The summed E-state index contributed by atoms with van der Waals surface area (Å²) in [6, 6.07) is 2.06. The van der Waals surface area contributed by atoms with Gasteiger partial charge in [0, 0.05) is 43.3 Å². The van der Waals surface area contributed by atoms with Crippen molar-refractivity contribution >= 4 is 41.2 Å². The van der Waals surface area contributed by atoms with Gasteiger partial charge in [0.1, 0.15) is 5.60 Å². The van der Waals surface area contributed by atoms with Crippen molar-refractivity contribution in [1.82, 2.24) is 14.7 Å². The van der Waals surface area contributed by atoms with Crippen molar-refractivity contribution in [2.45, 2.75) is 122 Å². The van der Waals surface area contributed by atoms with E-state index < -0.39 is 23.9 Å². The lowest BCUT2D eigenvalue weighted by atomic mass is 9.72. The number of fused-ring (bicyclic) bond motifs is 1. The lowest BCUT2D eigenvalue weighted by molar-refractivity contribution is -0.0366. The fourth-order valence-corrected chi connectivity index (χ4v) is 7.34. The molecule has 1 aromatic heterocycles. The van der Waals surface area contributed by atoms with Gasteiger partial charge in [-0.05, 0) is 128 Å². The van der Waals surface area contributed by atoms with Crippen LogP contribution in [0.1, 0.15) is 111 Å². The fraction of sp³-hybridized carbons (Fsp3) is 0.765. The zero-order chi connectivity index (χ0) is 32.1. The molecular weight excluding hydrogens is 593 g/mol. The lowest BCUT2D eigenvalue weighted by Crippen LogP contribution is -2.43. The molecule has 45 heavy (non-hydrogen) atoms. The SMILES string of the molecule is CC(C)(C)OC(=O)N1CCC[C@@H](CCOCC2CC2c2c(Cl)cc3c(cnn3C3CCCCO3)c2B2OC(C)(C)C(C)(C)O2)C1. The molecule has 1 amide bonds. The highest BCUT2D eigenvalue weighted by Gasteiger charge is 2.54. The Morgan fingerprint density at radius 2 is 1.89 bits per heavy atom. The van der Waals surface area contributed by atoms with E-state index in [2.05, 4.69) is 33.8 Å². The normalized spacial score (nSPS) is 28.1. The summed E-state index contributed by atoms with van der Waals surface area (Å²) in [6.45, 7) is 17.7. The van der Waals surface area contributed by atoms with Crippen LogP contribution in [0.15, 0.2) is 12.3 Å². The molecule has 248 valence electrons. The van der Waals surface area contributed by atoms with E-state index in [0.717, 1.165) is 91.6 Å². The summed E-state index contributed by atoms with van der Waals surface area (Å²) in [6.07, 6.45) is 8.82. The minimum Gasteiger partial charge on any atom is -0.444 e. The van der Waals surface area contributed by atoms with Gasteiger partial charge < -0.3 is 28.4 Å². The number of halogens is 1. The van der Waals surface area contributed by atoms with E-state index >= 15 is 0 Å². The summed E-state index contributed by atoms with van der Waals surface area (Å²) in [5.41, 5.74) is 1.62. The molecular formula is C34H51BClN3O6. The van der Waals surface area contributed by atoms with E-state index in [0.29, 0.717) is 25.0 Å². The third kappa shape index (κ3) is 7.06. The van der Waals surface area contributed by atoms with Crippen molar-refractivity contribution in [2.75, 3.05) is 32.9 Å². The molecule has 11 heteroatoms. The van der Waals surface area contributed by atoms with Crippen LogP contribution >= 0.6 is 11.6 Å². The molecule has 4 atom stereocenters. The highest BCUT2D eigenvalue weighted by Crippen LogP contribution is 2.51. The number of benzene rings is 1. The number of rotatable bonds is 8. The zero-order valence-corrected chi connectivity index (χ0v) is 29.0. The van der Waals surface area contributed by atoms with Crippen LogP contribution in [-0.4, -0.2) is 77.6 Å². The van der Waals surface area contributed by atoms with E-state index in [4.69, 9.17) is 40.2 Å². The van der Waals surface area contributed by atoms with Gasteiger partial charge >= 0.3 is 13.2 Å². The van der Waals surface area contributed by atoms with Crippen molar-refractivity contribution in [3.05, 3.63) is 22.8 Å². The third-order valence-electron chi connectivity index (χ3n) is 10.3. The Hall–Kier alpha value is -1.85. The molecule has 1 aliphatic carbocycles. The Morgan fingerprint density at radius 3 is 2.58 bits per heavy atom. The van der Waals surface area contributed by atoms with Gasteiger partial charge in [0.25, 0.3) is 0 Å². The smallest absolute Gasteiger partial charge is 0.444 e. The summed E-state index contributed by atoms with van der Waals surface area (Å²) in [7, 11) is -0.544. The minimum atomic E-state index is -0.544. The molecule has 1 saturated carbocycles. The Kier molecular flexibility index (Phi) is 9.29. The fourth-order valence-electron chi connectivity index (χ4n) is 7.00. The average Bonchev–Trinajstić information content (AvgIpc) is 3.54. The molecule has 3 saturated heterocycles. The predicted molar refractivity (Wildman–Crippen MR) is 176 cm³/mol. The minimum absolute atomic E-state index is 0.0910. The summed E-state index contributed by atoms with van der Waals surface area (Å²) in [5, 5.41) is 6.55. The van der Waals surface area contributed by atoms with Crippen LogP contribution < -0.4 is 5.46 Å². The van der Waals surface area contributed by atoms with Crippen LogP contribution in [0.2, 0.25) is 5.02 Å². The molecule has 4 heterocycles. The molecule has 0 bridgehead atoms. The number of carbonyl (C=O) groups excluding carboxylic acids is 1. The summed E-state index contributed by atoms with van der Waals surface area (Å²) in [4.78, 5) is 14.4. The molecule has 3 unspecified atom stereocenters. The first-order valence-corrected chi connectivity index (χ1v) is 17.3. The first-order chi connectivity index (χ1) is 21.2. The van der Waals surface area contributed by atoms with Gasteiger partial charge in [-0.3, -0.25) is 0 Å². The van der Waals surface area contributed by atoms with E-state index in [1.807, 2.05) is 36.5 Å². The maximum Gasteiger partial charge on any atom is 0.495 e. The standard InChI is InChI=1S/C34H51BClN3O6/c1-32(2,3)43-31(40)38-14-10-11-22(20-38)13-16-41-21-23-17-24(23)29-26(36)18-27-25(19-37-39(27)28-12-8-9-15-42-28)30(29)35-44-33(4,5)34(6,7)45-35/h18-19,22-24,28H,8-17,20-21H2,1-7H3/t22-,23?,24?,28?/m0/s1. The molecule has 0 N–H and O–H groups in total. The number of amides is 1. The Balaban J connectivity index is 1.14. The maximum atomic E-state index is 12.6. The first kappa shape index (κ1) is 33.1. The highest BCUT2D eigenvalue weighted by molar-refractivity contribution is 6.66. The quantitative estimate of drug-likeness (QED) is 0.230. The van der Waals surface area contributed by atoms with Gasteiger partial charge in [-0.25, -0.2) is 9.48 Å². The number of nitrogens with zero attached hydrogens (tertiary/aromatic N) is 3. The Labute approximate surface area is 273 Å². The number of ether oxygens (including phenoxy) is 3. The zero-order valence-electron chi connectivity index (χ0n) is 28.2. The van der Waals surface area contributed by atoms with Crippen LogP contribution in [-0.2, 0) is 23.5 Å². The van der Waals surface area contributed by atoms with Crippen molar-refractivity contribution in [3.63, 3.8) is 0 Å². The van der Waals surface area contributed by atoms with Gasteiger partial charge in [-0.1, -0.05) is 11.6 Å². The van der Waals surface area contributed by atoms with E-state index in [1.165, 1.54) is 0 Å². The molecule has 3 aliphatic heterocycles. The van der Waals surface area contributed by atoms with E-state index in [1.54, 1.807) is 0 Å². The van der Waals surface area contributed by atoms with Crippen LogP contribution in [0.25, 0.3) is 10.9 Å². The molecule has 0 radical (unpaired) electrons. The molecule has 0 spiro atoms. The third-order valence-corrected chi connectivity index (χ3v) is 10.6. The molecule has 2 aromatic rings. The molecule has 4 aliphatic rings. The Bertz CT molecular complexity index is 1370. The molecule has 1 aromatic carbocycles. The maximum absolute atomic E-state index is 12.6. The number of hydrogen-bond acceptors (Lipinski definition) is 7. The second kappa shape index (κ2) is 12.6. The van der Waals surface area contributed by atoms with E-state index in [9.17, 15) is 4.79 Å². The topological polar surface area (TPSA) is 84.3 Å². The van der Waals surface area contributed by atoms with Gasteiger partial charge in [0.05, 0.1) is 22.9 Å². The van der Waals surface area contributed by atoms with Crippen LogP contribution in [0.3, 0.4) is 0 Å². The van der Waals surface area contributed by atoms with Crippen LogP contribution in [0.5, 0.6) is 0 Å². The molecule has 6 rings (SSSR count). The lowest BCUT2D eigenvalue weighted by Gasteiger charge is -2.34. The average molecular weight is 644 g/mol. The molecule has 4 fully saturated rings. The van der Waals surface area contributed by atoms with Gasteiger partial charge in [0.15, 0.2) is 6.23 Å². The highest BCUT2D eigenvalue weighted by atomic mass is 35.5. The largest absolute Gasteiger partial charge is 0.495 e. The van der Waals surface area contributed by atoms with Crippen molar-refractivity contribution in [1.29, 1.82) is 0 Å². The first-order valence-electron chi connectivity index (χ1n) is 17.0. The predicted octanol–water partition coefficient (Wildman–Crippen LogP) is 6.85. The number of likely N-dealkylation sites (tertiary alicyclic amines) is 1. The van der Waals surface area contributed by atoms with Crippen molar-refractivity contribution in [2.24, 2.45) is 11.8 Å². The number of hydrogen-bond donors (Lipinski definition) is 0. The summed E-state index contributed by atoms with van der Waals surface area (Å²) < 4.78 is 33.2. The Morgan fingerprint density at radius 1 is 1.13 bits per heavy atom. The monoisotopic (exact) mass is 643 g/mol. The van der Waals surface area contributed by atoms with Gasteiger partial charge in [0.2, 0.25) is 0 Å². The summed E-state index contributed by atoms with van der Waals surface area (Å²) >= 11 is 7.16. The number of aromatic nitrogens is 2. The van der Waals surface area contributed by atoms with Gasteiger partial charge in [-0.2, -0.15) is 5.10 Å². The van der Waals surface area contributed by atoms with Crippen LogP contribution in [0.4, 0.5) is 4.79 Å². The summed E-state index contributed by atoms with van der Waals surface area (Å²) in [5.74, 6) is 1.07. The van der Waals surface area contributed by atoms with Crippen molar-refractivity contribution in [3.8, 4) is 0 Å². The van der Waals surface area contributed by atoms with Gasteiger partial charge in [-0.15, -0.1) is 0 Å². The second-order valence-electron chi connectivity index (χ2n) is 15.5. The molecule has 9 nitrogen and oxygen atoms in total. The second-order valence-corrected chi connectivity index (χ2v) is 15.9. The van der Waals surface area contributed by atoms with E-state index in [-0.39, 0.29) is 18.2 Å². The number of carbonyl (C=O) groups is 1. The number of piperidine rings is 1. The van der Waals surface area contributed by atoms with Crippen molar-refractivity contribution < 1.29 is 28.3 Å². The van der Waals surface area contributed by atoms with Crippen LogP contribution in [0, 0.1) is 11.8 Å².